The van der Waals surface area contributed by atoms with Gasteiger partial charge in [0, 0.05) is 12.3 Å². The lowest BCUT2D eigenvalue weighted by Gasteiger charge is -2.67. The molecule has 4 aliphatic rings. The van der Waals surface area contributed by atoms with Crippen LogP contribution in [0.1, 0.15) is 127 Å². The number of carbonyl (C=O) groups excluding carboxylic acids is 1. The molecule has 2 nitrogen and oxygen atoms in total. The molecule has 2 heteroatoms. The molecule has 0 aliphatic heterocycles. The molecule has 9 atom stereocenters. The summed E-state index contributed by atoms with van der Waals surface area (Å²) in [4.78, 5) is 11.8. The monoisotopic (exact) mass is 484 g/mol. The van der Waals surface area contributed by atoms with E-state index in [9.17, 15) is 4.79 Å². The lowest BCUT2D eigenvalue weighted by molar-refractivity contribution is -0.209. The highest BCUT2D eigenvalue weighted by Gasteiger charge is 2.67. The predicted molar refractivity (Wildman–Crippen MR) is 147 cm³/mol. The summed E-state index contributed by atoms with van der Waals surface area (Å²) in [5, 5.41) is 0. The van der Waals surface area contributed by atoms with Crippen molar-refractivity contribution in [2.24, 2.45) is 57.2 Å². The largest absolute Gasteiger partial charge is 0.462 e. The van der Waals surface area contributed by atoms with Crippen LogP contribution in [0.25, 0.3) is 0 Å². The molecular formula is C33H56O2. The molecule has 0 aromatic heterocycles. The molecule has 4 rings (SSSR count). The topological polar surface area (TPSA) is 26.3 Å². The third-order valence-corrected chi connectivity index (χ3v) is 13.2. The molecule has 0 N–H and O–H groups in total. The van der Waals surface area contributed by atoms with Gasteiger partial charge in [-0.3, -0.25) is 4.79 Å². The highest BCUT2D eigenvalue weighted by molar-refractivity contribution is 5.66. The Bertz CT molecular complexity index is 825. The minimum absolute atomic E-state index is 0.0663. The van der Waals surface area contributed by atoms with Gasteiger partial charge in [0.1, 0.15) is 6.10 Å². The lowest BCUT2D eigenvalue weighted by Crippen LogP contribution is -2.62. The smallest absolute Gasteiger partial charge is 0.302 e. The first kappa shape index (κ1) is 27.3. The summed E-state index contributed by atoms with van der Waals surface area (Å²) in [5.41, 5.74) is 2.82. The van der Waals surface area contributed by atoms with Crippen molar-refractivity contribution in [3.63, 3.8) is 0 Å². The summed E-state index contributed by atoms with van der Waals surface area (Å²) < 4.78 is 5.89. The Morgan fingerprint density at radius 1 is 0.886 bits per heavy atom. The van der Waals surface area contributed by atoms with E-state index in [1.807, 2.05) is 0 Å². The van der Waals surface area contributed by atoms with Crippen molar-refractivity contribution < 1.29 is 9.53 Å². The van der Waals surface area contributed by atoms with Crippen LogP contribution < -0.4 is 0 Å². The van der Waals surface area contributed by atoms with E-state index in [-0.39, 0.29) is 17.5 Å². The SMILES string of the molecule is C=C(CC[C@H](C)[C@@H]1CC[C@]2(C)[C@H]3CC[C@H]4C(C)(C)[C@@H](OC(C)=O)CC[C@]4(C)[C@@H]3CC[C@@]12C)C(C)C. The van der Waals surface area contributed by atoms with Crippen molar-refractivity contribution in [3.8, 4) is 0 Å². The number of esters is 1. The van der Waals surface area contributed by atoms with Crippen molar-refractivity contribution in [1.82, 2.24) is 0 Å². The summed E-state index contributed by atoms with van der Waals surface area (Å²) in [6.07, 6.45) is 13.2. The first-order chi connectivity index (χ1) is 16.2. The molecule has 0 aromatic carbocycles. The van der Waals surface area contributed by atoms with E-state index in [4.69, 9.17) is 4.74 Å². The standard InChI is InChI=1S/C33H56O2/c1-21(2)22(3)11-12-23(4)25-15-19-33(10)27-13-14-28-30(6,7)29(35-24(5)34)17-18-31(28,8)26(27)16-20-32(25,33)9/h21,23,25-29H,3,11-20H2,1-2,4-10H3/t23-,25-,26+,27-,28-,29-,31+,32-,33+/m0/s1. The molecule has 0 bridgehead atoms. The zero-order chi connectivity index (χ0) is 26.0. The maximum Gasteiger partial charge on any atom is 0.302 e. The first-order valence-electron chi connectivity index (χ1n) is 15.0. The van der Waals surface area contributed by atoms with Crippen LogP contribution in [0.15, 0.2) is 12.2 Å². The van der Waals surface area contributed by atoms with Gasteiger partial charge in [-0.15, -0.1) is 0 Å². The van der Waals surface area contributed by atoms with Gasteiger partial charge in [0.2, 0.25) is 0 Å². The van der Waals surface area contributed by atoms with Crippen LogP contribution in [-0.4, -0.2) is 12.1 Å². The second kappa shape index (κ2) is 9.20. The van der Waals surface area contributed by atoms with Gasteiger partial charge >= 0.3 is 5.97 Å². The van der Waals surface area contributed by atoms with Gasteiger partial charge in [-0.2, -0.15) is 0 Å². The molecular weight excluding hydrogens is 428 g/mol. The molecule has 0 unspecified atom stereocenters. The van der Waals surface area contributed by atoms with Crippen LogP contribution in [0.2, 0.25) is 0 Å². The average Bonchev–Trinajstić information content (AvgIpc) is 3.05. The van der Waals surface area contributed by atoms with Gasteiger partial charge in [0.05, 0.1) is 0 Å². The van der Waals surface area contributed by atoms with Crippen LogP contribution in [0, 0.1) is 57.2 Å². The second-order valence-electron chi connectivity index (χ2n) is 15.2. The molecule has 0 spiro atoms. The predicted octanol–water partition coefficient (Wildman–Crippen LogP) is 9.23. The van der Waals surface area contributed by atoms with Crippen LogP contribution in [0.4, 0.5) is 0 Å². The Morgan fingerprint density at radius 3 is 2.17 bits per heavy atom. The van der Waals surface area contributed by atoms with Gasteiger partial charge in [0.15, 0.2) is 0 Å². The Morgan fingerprint density at radius 2 is 1.54 bits per heavy atom. The minimum Gasteiger partial charge on any atom is -0.462 e. The summed E-state index contributed by atoms with van der Waals surface area (Å²) in [6, 6.07) is 0. The van der Waals surface area contributed by atoms with Crippen LogP contribution in [0.3, 0.4) is 0 Å². The summed E-state index contributed by atoms with van der Waals surface area (Å²) in [6.45, 7) is 25.9. The molecule has 200 valence electrons. The summed E-state index contributed by atoms with van der Waals surface area (Å²) in [5.74, 6) is 4.48. The van der Waals surface area contributed by atoms with Crippen molar-refractivity contribution in [1.29, 1.82) is 0 Å². The number of fused-ring (bicyclic) bond motifs is 5. The highest BCUT2D eigenvalue weighted by Crippen LogP contribution is 2.74. The molecule has 0 radical (unpaired) electrons. The van der Waals surface area contributed by atoms with E-state index in [0.717, 1.165) is 30.1 Å². The fourth-order valence-corrected chi connectivity index (χ4v) is 10.8. The van der Waals surface area contributed by atoms with Crippen LogP contribution in [0.5, 0.6) is 0 Å². The summed E-state index contributed by atoms with van der Waals surface area (Å²) >= 11 is 0. The number of allylic oxidation sites excluding steroid dienone is 1. The Labute approximate surface area is 217 Å². The van der Waals surface area contributed by atoms with Gasteiger partial charge in [-0.1, -0.05) is 67.5 Å². The number of hydrogen-bond acceptors (Lipinski definition) is 2. The molecule has 0 saturated heterocycles. The third kappa shape index (κ3) is 4.16. The van der Waals surface area contributed by atoms with E-state index in [1.54, 1.807) is 6.92 Å². The maximum atomic E-state index is 11.8. The molecule has 4 saturated carbocycles. The number of rotatable bonds is 6. The molecule has 0 heterocycles. The molecule has 35 heavy (non-hydrogen) atoms. The van der Waals surface area contributed by atoms with E-state index >= 15 is 0 Å². The van der Waals surface area contributed by atoms with E-state index in [0.29, 0.717) is 28.1 Å². The lowest BCUT2D eigenvalue weighted by atomic mass is 9.38. The Kier molecular flexibility index (Phi) is 7.16. The highest BCUT2D eigenvalue weighted by atomic mass is 16.5. The van der Waals surface area contributed by atoms with Gasteiger partial charge in [0.25, 0.3) is 0 Å². The average molecular weight is 485 g/mol. The van der Waals surface area contributed by atoms with Crippen LogP contribution >= 0.6 is 0 Å². The van der Waals surface area contributed by atoms with E-state index < -0.39 is 0 Å². The minimum atomic E-state index is -0.107. The van der Waals surface area contributed by atoms with E-state index in [2.05, 4.69) is 62.0 Å². The fraction of sp³-hybridized carbons (Fsp3) is 0.909. The quantitative estimate of drug-likeness (QED) is 0.277. The molecule has 0 amide bonds. The Balaban J connectivity index is 1.54. The fourth-order valence-electron chi connectivity index (χ4n) is 10.8. The number of carbonyl (C=O) groups is 1. The van der Waals surface area contributed by atoms with Crippen LogP contribution in [-0.2, 0) is 9.53 Å². The second-order valence-corrected chi connectivity index (χ2v) is 15.2. The van der Waals surface area contributed by atoms with Gasteiger partial charge in [-0.25, -0.2) is 0 Å². The number of ether oxygens (including phenoxy) is 1. The number of hydrogen-bond donors (Lipinski definition) is 0. The Hall–Kier alpha value is -0.790. The normalized spacial score (nSPS) is 45.3. The van der Waals surface area contributed by atoms with Crippen molar-refractivity contribution in [2.75, 3.05) is 0 Å². The molecule has 4 aliphatic carbocycles. The zero-order valence-electron chi connectivity index (χ0n) is 24.6. The zero-order valence-corrected chi connectivity index (χ0v) is 24.6. The van der Waals surface area contributed by atoms with Gasteiger partial charge in [-0.05, 0) is 116 Å². The van der Waals surface area contributed by atoms with Crippen molar-refractivity contribution >= 4 is 5.97 Å². The molecule has 0 aromatic rings. The van der Waals surface area contributed by atoms with E-state index in [1.165, 1.54) is 63.4 Å². The summed E-state index contributed by atoms with van der Waals surface area (Å²) in [7, 11) is 0. The van der Waals surface area contributed by atoms with Gasteiger partial charge < -0.3 is 4.74 Å². The van der Waals surface area contributed by atoms with Crippen molar-refractivity contribution in [2.45, 2.75) is 133 Å². The maximum absolute atomic E-state index is 11.8. The van der Waals surface area contributed by atoms with Crippen molar-refractivity contribution in [3.05, 3.63) is 12.2 Å². The molecule has 4 fully saturated rings. The first-order valence-corrected chi connectivity index (χ1v) is 15.0. The third-order valence-electron chi connectivity index (χ3n) is 13.2.